The van der Waals surface area contributed by atoms with Gasteiger partial charge in [0, 0.05) is 37.1 Å². The molecule has 0 spiro atoms. The Morgan fingerprint density at radius 3 is 2.52 bits per heavy atom. The van der Waals surface area contributed by atoms with Crippen LogP contribution in [-0.2, 0) is 9.59 Å². The molecule has 33 heavy (non-hydrogen) atoms. The Labute approximate surface area is 198 Å². The number of nitrogens with zero attached hydrogens (tertiary/aromatic N) is 3. The van der Waals surface area contributed by atoms with Crippen molar-refractivity contribution in [3.05, 3.63) is 66.0 Å². The first-order valence-electron chi connectivity index (χ1n) is 11.1. The minimum atomic E-state index is -0.229. The molecule has 1 aliphatic heterocycles. The lowest BCUT2D eigenvalue weighted by molar-refractivity contribution is -0.122. The van der Waals surface area contributed by atoms with Crippen LogP contribution in [0.3, 0.4) is 0 Å². The summed E-state index contributed by atoms with van der Waals surface area (Å²) in [4.78, 5) is 30.9. The van der Waals surface area contributed by atoms with E-state index in [-0.39, 0.29) is 23.5 Å². The number of aryl methyl sites for hydroxylation is 2. The van der Waals surface area contributed by atoms with Gasteiger partial charge < -0.3 is 16.0 Å². The second kappa shape index (κ2) is 10.1. The highest BCUT2D eigenvalue weighted by Gasteiger charge is 2.24. The average molecular weight is 464 g/mol. The summed E-state index contributed by atoms with van der Waals surface area (Å²) < 4.78 is 2.01. The van der Waals surface area contributed by atoms with Gasteiger partial charge >= 0.3 is 0 Å². The normalized spacial score (nSPS) is 14.3. The van der Waals surface area contributed by atoms with Gasteiger partial charge in [-0.3, -0.25) is 14.2 Å². The van der Waals surface area contributed by atoms with Gasteiger partial charge in [-0.25, -0.2) is 4.98 Å². The minimum Gasteiger partial charge on any atom is -0.370 e. The molecule has 4 rings (SSSR count). The van der Waals surface area contributed by atoms with Crippen molar-refractivity contribution in [2.75, 3.05) is 29.1 Å². The maximum absolute atomic E-state index is 12.8. The molecule has 0 aliphatic carbocycles. The number of nitrogens with two attached hydrogens (primary N) is 1. The number of rotatable bonds is 7. The Kier molecular flexibility index (Phi) is 7.03. The predicted molar refractivity (Wildman–Crippen MR) is 133 cm³/mol. The van der Waals surface area contributed by atoms with E-state index in [1.807, 2.05) is 35.0 Å². The Morgan fingerprint density at radius 1 is 1.12 bits per heavy atom. The zero-order valence-corrected chi connectivity index (χ0v) is 19.8. The molecule has 0 radical (unpaired) electrons. The van der Waals surface area contributed by atoms with Crippen LogP contribution in [-0.4, -0.2) is 40.2 Å². The fourth-order valence-corrected chi connectivity index (χ4v) is 5.03. The van der Waals surface area contributed by atoms with E-state index in [1.165, 1.54) is 22.9 Å². The molecule has 1 saturated heterocycles. The number of benzene rings is 2. The summed E-state index contributed by atoms with van der Waals surface area (Å²) in [6.45, 7) is 5.62. The number of piperidine rings is 1. The molecule has 1 fully saturated rings. The summed E-state index contributed by atoms with van der Waals surface area (Å²) in [5.74, 6) is -0.137. The van der Waals surface area contributed by atoms with E-state index >= 15 is 0 Å². The zero-order chi connectivity index (χ0) is 23.4. The van der Waals surface area contributed by atoms with E-state index < -0.39 is 0 Å². The molecule has 8 heteroatoms. The Hall–Kier alpha value is -3.26. The lowest BCUT2D eigenvalue weighted by Gasteiger charge is -2.33. The van der Waals surface area contributed by atoms with Crippen LogP contribution in [0.15, 0.2) is 60.0 Å². The smallest absolute Gasteiger partial charge is 0.234 e. The summed E-state index contributed by atoms with van der Waals surface area (Å²) >= 11 is 1.41. The number of para-hydroxylation sites is 2. The monoisotopic (exact) mass is 463 g/mol. The third kappa shape index (κ3) is 5.57. The van der Waals surface area contributed by atoms with Gasteiger partial charge in [0.15, 0.2) is 5.16 Å². The van der Waals surface area contributed by atoms with Gasteiger partial charge in [-0.15, -0.1) is 0 Å². The summed E-state index contributed by atoms with van der Waals surface area (Å²) in [7, 11) is 0. The van der Waals surface area contributed by atoms with Crippen molar-refractivity contribution in [3.63, 3.8) is 0 Å². The van der Waals surface area contributed by atoms with Crippen molar-refractivity contribution in [2.24, 2.45) is 11.7 Å². The highest BCUT2D eigenvalue weighted by Crippen LogP contribution is 2.30. The van der Waals surface area contributed by atoms with Crippen LogP contribution in [0.4, 0.5) is 11.4 Å². The summed E-state index contributed by atoms with van der Waals surface area (Å²) in [6, 6.07) is 14.1. The molecule has 0 saturated carbocycles. The molecule has 3 N–H and O–H groups in total. The molecular weight excluding hydrogens is 434 g/mol. The molecule has 172 valence electrons. The number of carbonyl (C=O) groups is 2. The van der Waals surface area contributed by atoms with Crippen LogP contribution in [0.2, 0.25) is 0 Å². The number of imidazole rings is 1. The maximum atomic E-state index is 12.8. The van der Waals surface area contributed by atoms with Crippen molar-refractivity contribution in [3.8, 4) is 5.69 Å². The molecule has 2 amide bonds. The number of anilines is 2. The van der Waals surface area contributed by atoms with Crippen molar-refractivity contribution in [1.82, 2.24) is 9.55 Å². The van der Waals surface area contributed by atoms with Gasteiger partial charge in [-0.05, 0) is 62.1 Å². The molecule has 3 aromatic rings. The van der Waals surface area contributed by atoms with Gasteiger partial charge in [-0.2, -0.15) is 0 Å². The standard InChI is InChI=1S/C25H29N5O2S/c1-17-13-18(2)15-20(14-17)30-12-9-27-25(30)33-16-23(31)28-21-5-3-4-6-22(21)29-10-7-19(8-11-29)24(26)32/h3-6,9,12-15,19H,7-8,10-11,16H2,1-2H3,(H2,26,32)(H,28,31). The number of hydrogen-bond donors (Lipinski definition) is 2. The second-order valence-electron chi connectivity index (χ2n) is 8.44. The van der Waals surface area contributed by atoms with Crippen LogP contribution in [0.1, 0.15) is 24.0 Å². The van der Waals surface area contributed by atoms with Crippen molar-refractivity contribution in [2.45, 2.75) is 31.8 Å². The third-order valence-corrected chi connectivity index (χ3v) is 6.81. The largest absolute Gasteiger partial charge is 0.370 e. The average Bonchev–Trinajstić information content (AvgIpc) is 3.26. The van der Waals surface area contributed by atoms with Crippen LogP contribution in [0, 0.1) is 19.8 Å². The predicted octanol–water partition coefficient (Wildman–Crippen LogP) is 3.92. The number of aromatic nitrogens is 2. The Morgan fingerprint density at radius 2 is 1.82 bits per heavy atom. The van der Waals surface area contributed by atoms with E-state index in [2.05, 4.69) is 47.2 Å². The van der Waals surface area contributed by atoms with Crippen LogP contribution in [0.25, 0.3) is 5.69 Å². The topological polar surface area (TPSA) is 93.2 Å². The maximum Gasteiger partial charge on any atom is 0.234 e. The number of hydrogen-bond acceptors (Lipinski definition) is 5. The number of thioether (sulfide) groups is 1. The molecule has 1 aromatic heterocycles. The fraction of sp³-hybridized carbons (Fsp3) is 0.320. The van der Waals surface area contributed by atoms with Gasteiger partial charge in [0.05, 0.1) is 17.1 Å². The van der Waals surface area contributed by atoms with Crippen LogP contribution in [0.5, 0.6) is 0 Å². The number of nitrogens with one attached hydrogen (secondary N) is 1. The first-order valence-corrected chi connectivity index (χ1v) is 12.1. The molecule has 0 unspecified atom stereocenters. The number of primary amides is 1. The van der Waals surface area contributed by atoms with E-state index in [1.54, 1.807) is 6.20 Å². The van der Waals surface area contributed by atoms with Gasteiger partial charge in [0.2, 0.25) is 11.8 Å². The van der Waals surface area contributed by atoms with Crippen molar-refractivity contribution < 1.29 is 9.59 Å². The highest BCUT2D eigenvalue weighted by atomic mass is 32.2. The van der Waals surface area contributed by atoms with Crippen LogP contribution >= 0.6 is 11.8 Å². The van der Waals surface area contributed by atoms with E-state index in [9.17, 15) is 9.59 Å². The summed E-state index contributed by atoms with van der Waals surface area (Å²) in [5, 5.41) is 3.83. The van der Waals surface area contributed by atoms with E-state index in [0.29, 0.717) is 0 Å². The summed E-state index contributed by atoms with van der Waals surface area (Å²) in [6.07, 6.45) is 5.13. The molecular formula is C25H29N5O2S. The van der Waals surface area contributed by atoms with Gasteiger partial charge in [0.25, 0.3) is 0 Å². The molecule has 0 bridgehead atoms. The zero-order valence-electron chi connectivity index (χ0n) is 19.0. The van der Waals surface area contributed by atoms with Gasteiger partial charge in [0.1, 0.15) is 0 Å². The highest BCUT2D eigenvalue weighted by molar-refractivity contribution is 7.99. The SMILES string of the molecule is Cc1cc(C)cc(-n2ccnc2SCC(=O)Nc2ccccc2N2CCC(C(N)=O)CC2)c1. The van der Waals surface area contributed by atoms with Crippen molar-refractivity contribution >= 4 is 35.0 Å². The molecule has 1 aliphatic rings. The van der Waals surface area contributed by atoms with E-state index in [0.717, 1.165) is 48.1 Å². The lowest BCUT2D eigenvalue weighted by atomic mass is 9.96. The lowest BCUT2D eigenvalue weighted by Crippen LogP contribution is -2.38. The summed E-state index contributed by atoms with van der Waals surface area (Å²) in [5.41, 5.74) is 10.6. The first-order chi connectivity index (χ1) is 15.9. The van der Waals surface area contributed by atoms with Gasteiger partial charge in [-0.1, -0.05) is 30.0 Å². The first kappa shape index (κ1) is 22.9. The second-order valence-corrected chi connectivity index (χ2v) is 9.39. The molecule has 2 heterocycles. The Bertz CT molecular complexity index is 1130. The number of carbonyl (C=O) groups excluding carboxylic acids is 2. The minimum absolute atomic E-state index is 0.0691. The van der Waals surface area contributed by atoms with E-state index in [4.69, 9.17) is 5.73 Å². The quantitative estimate of drug-likeness (QED) is 0.518. The molecule has 2 aromatic carbocycles. The molecule has 0 atom stereocenters. The van der Waals surface area contributed by atoms with Crippen molar-refractivity contribution in [1.29, 1.82) is 0 Å². The number of amides is 2. The Balaban J connectivity index is 1.40. The van der Waals surface area contributed by atoms with Crippen LogP contribution < -0.4 is 16.0 Å². The third-order valence-electron chi connectivity index (χ3n) is 5.84. The fourth-order valence-electron chi connectivity index (χ4n) is 4.26. The molecule has 7 nitrogen and oxygen atoms in total.